The fourth-order valence-corrected chi connectivity index (χ4v) is 3.18. The van der Waals surface area contributed by atoms with E-state index in [0.29, 0.717) is 12.1 Å². The van der Waals surface area contributed by atoms with Gasteiger partial charge in [0.15, 0.2) is 0 Å². The summed E-state index contributed by atoms with van der Waals surface area (Å²) in [4.78, 5) is 17.5. The topological polar surface area (TPSA) is 54.0 Å². The maximum Gasteiger partial charge on any atom is 0.255 e. The minimum atomic E-state index is -0.113. The van der Waals surface area contributed by atoms with Crippen LogP contribution in [0.5, 0.6) is 0 Å². The van der Waals surface area contributed by atoms with Gasteiger partial charge in [-0.25, -0.2) is 0 Å². The second kappa shape index (κ2) is 6.85. The van der Waals surface area contributed by atoms with Crippen molar-refractivity contribution in [2.45, 2.75) is 20.4 Å². The molecule has 0 aliphatic carbocycles. The first-order valence-electron chi connectivity index (χ1n) is 6.31. The van der Waals surface area contributed by atoms with Gasteiger partial charge in [0.25, 0.3) is 5.91 Å². The number of nitrogens with zero attached hydrogens (tertiary/aromatic N) is 1. The van der Waals surface area contributed by atoms with Gasteiger partial charge < -0.3 is 10.6 Å². The number of thiophene rings is 1. The summed E-state index contributed by atoms with van der Waals surface area (Å²) in [6.07, 6.45) is 1.62. The van der Waals surface area contributed by atoms with Crippen molar-refractivity contribution in [2.24, 2.45) is 0 Å². The van der Waals surface area contributed by atoms with Crippen LogP contribution in [-0.2, 0) is 6.54 Å². The van der Waals surface area contributed by atoms with Crippen molar-refractivity contribution in [1.82, 2.24) is 10.3 Å². The Labute approximate surface area is 130 Å². The Balaban J connectivity index is 2.08. The van der Waals surface area contributed by atoms with Crippen LogP contribution in [-0.4, -0.2) is 17.4 Å². The van der Waals surface area contributed by atoms with Gasteiger partial charge in [0.05, 0.1) is 17.8 Å². The zero-order chi connectivity index (χ0) is 14.5. The molecule has 0 aliphatic heterocycles. The summed E-state index contributed by atoms with van der Waals surface area (Å²) in [6.45, 7) is 5.20. The van der Waals surface area contributed by atoms with Gasteiger partial charge in [-0.15, -0.1) is 11.3 Å². The number of hydrogen-bond acceptors (Lipinski definition) is 4. The number of amides is 1. The molecule has 4 nitrogen and oxygen atoms in total. The molecule has 0 bridgehead atoms. The van der Waals surface area contributed by atoms with E-state index in [-0.39, 0.29) is 5.91 Å². The van der Waals surface area contributed by atoms with E-state index >= 15 is 0 Å². The molecule has 2 N–H and O–H groups in total. The van der Waals surface area contributed by atoms with Crippen molar-refractivity contribution in [3.8, 4) is 0 Å². The molecule has 0 saturated carbocycles. The molecule has 0 saturated heterocycles. The Morgan fingerprint density at radius 3 is 2.90 bits per heavy atom. The molecule has 0 radical (unpaired) electrons. The standard InChI is InChI=1S/C14H16BrN3OS/c1-3-16-13-4-9(2)17-7-12(13)14(19)18-6-11-5-10(15)8-20-11/h4-5,7-8H,3,6H2,1-2H3,(H,16,17)(H,18,19). The molecule has 2 heterocycles. The molecule has 0 aliphatic rings. The molecule has 0 unspecified atom stereocenters. The number of hydrogen-bond donors (Lipinski definition) is 2. The summed E-state index contributed by atoms with van der Waals surface area (Å²) in [6, 6.07) is 3.89. The van der Waals surface area contributed by atoms with E-state index in [4.69, 9.17) is 0 Å². The fraction of sp³-hybridized carbons (Fsp3) is 0.286. The molecule has 20 heavy (non-hydrogen) atoms. The van der Waals surface area contributed by atoms with Crippen LogP contribution in [0.3, 0.4) is 0 Å². The predicted molar refractivity (Wildman–Crippen MR) is 86.3 cm³/mol. The van der Waals surface area contributed by atoms with Gasteiger partial charge in [-0.3, -0.25) is 9.78 Å². The zero-order valence-electron chi connectivity index (χ0n) is 11.4. The van der Waals surface area contributed by atoms with Crippen LogP contribution < -0.4 is 10.6 Å². The van der Waals surface area contributed by atoms with Crippen LogP contribution in [0.15, 0.2) is 28.2 Å². The number of aryl methyl sites for hydroxylation is 1. The average Bonchev–Trinajstić information content (AvgIpc) is 2.82. The molecule has 2 rings (SSSR count). The van der Waals surface area contributed by atoms with Crippen molar-refractivity contribution < 1.29 is 4.79 Å². The van der Waals surface area contributed by atoms with Crippen LogP contribution in [0.2, 0.25) is 0 Å². The second-order valence-electron chi connectivity index (χ2n) is 4.32. The number of carbonyl (C=O) groups excluding carboxylic acids is 1. The molecule has 0 aromatic carbocycles. The van der Waals surface area contributed by atoms with Gasteiger partial charge in [-0.1, -0.05) is 0 Å². The summed E-state index contributed by atoms with van der Waals surface area (Å²) in [5.41, 5.74) is 2.29. The van der Waals surface area contributed by atoms with Crippen LogP contribution in [0.25, 0.3) is 0 Å². The van der Waals surface area contributed by atoms with E-state index in [2.05, 4.69) is 31.5 Å². The maximum atomic E-state index is 12.2. The zero-order valence-corrected chi connectivity index (χ0v) is 13.8. The van der Waals surface area contributed by atoms with Crippen LogP contribution >= 0.6 is 27.3 Å². The van der Waals surface area contributed by atoms with Gasteiger partial charge in [0.2, 0.25) is 0 Å². The number of nitrogens with one attached hydrogen (secondary N) is 2. The summed E-state index contributed by atoms with van der Waals surface area (Å²) >= 11 is 5.01. The number of pyridine rings is 1. The summed E-state index contributed by atoms with van der Waals surface area (Å²) < 4.78 is 1.04. The first-order chi connectivity index (χ1) is 9.60. The van der Waals surface area contributed by atoms with E-state index < -0.39 is 0 Å². The molecule has 106 valence electrons. The van der Waals surface area contributed by atoms with Crippen LogP contribution in [0, 0.1) is 6.92 Å². The summed E-state index contributed by atoms with van der Waals surface area (Å²) in [7, 11) is 0. The molecule has 2 aromatic heterocycles. The molecule has 0 atom stereocenters. The highest BCUT2D eigenvalue weighted by atomic mass is 79.9. The van der Waals surface area contributed by atoms with Gasteiger partial charge in [0, 0.05) is 33.2 Å². The predicted octanol–water partition coefficient (Wildman–Crippen LogP) is 3.58. The number of rotatable bonds is 5. The van der Waals surface area contributed by atoms with E-state index in [1.54, 1.807) is 17.5 Å². The number of anilines is 1. The van der Waals surface area contributed by atoms with Crippen LogP contribution in [0.4, 0.5) is 5.69 Å². The third-order valence-corrected chi connectivity index (χ3v) is 4.40. The summed E-state index contributed by atoms with van der Waals surface area (Å²) in [5, 5.41) is 8.11. The first kappa shape index (κ1) is 15.0. The molecular weight excluding hydrogens is 338 g/mol. The Morgan fingerprint density at radius 1 is 1.45 bits per heavy atom. The molecule has 0 spiro atoms. The van der Waals surface area contributed by atoms with Crippen molar-refractivity contribution in [3.63, 3.8) is 0 Å². The van der Waals surface area contributed by atoms with Crippen molar-refractivity contribution in [1.29, 1.82) is 0 Å². The second-order valence-corrected chi connectivity index (χ2v) is 6.23. The Kier molecular flexibility index (Phi) is 5.14. The highest BCUT2D eigenvalue weighted by Gasteiger charge is 2.12. The Bertz CT molecular complexity index is 612. The largest absolute Gasteiger partial charge is 0.385 e. The maximum absolute atomic E-state index is 12.2. The molecule has 0 fully saturated rings. The lowest BCUT2D eigenvalue weighted by Crippen LogP contribution is -2.24. The SMILES string of the molecule is CCNc1cc(C)ncc1C(=O)NCc1cc(Br)cs1. The fourth-order valence-electron chi connectivity index (χ4n) is 1.79. The Hall–Kier alpha value is -1.40. The van der Waals surface area contributed by atoms with Crippen molar-refractivity contribution in [2.75, 3.05) is 11.9 Å². The van der Waals surface area contributed by atoms with E-state index in [0.717, 1.165) is 27.3 Å². The van der Waals surface area contributed by atoms with Gasteiger partial charge in [-0.05, 0) is 41.9 Å². The van der Waals surface area contributed by atoms with Crippen molar-refractivity contribution >= 4 is 38.9 Å². The smallest absolute Gasteiger partial charge is 0.255 e. The van der Waals surface area contributed by atoms with Gasteiger partial charge in [0.1, 0.15) is 0 Å². The summed E-state index contributed by atoms with van der Waals surface area (Å²) in [5.74, 6) is -0.113. The number of aromatic nitrogens is 1. The highest BCUT2D eigenvalue weighted by Crippen LogP contribution is 2.20. The van der Waals surface area contributed by atoms with Crippen molar-refractivity contribution in [3.05, 3.63) is 44.3 Å². The van der Waals surface area contributed by atoms with E-state index in [1.807, 2.05) is 31.4 Å². The van der Waals surface area contributed by atoms with Gasteiger partial charge in [-0.2, -0.15) is 0 Å². The molecule has 2 aromatic rings. The average molecular weight is 354 g/mol. The lowest BCUT2D eigenvalue weighted by Gasteiger charge is -2.11. The minimum Gasteiger partial charge on any atom is -0.385 e. The quantitative estimate of drug-likeness (QED) is 0.863. The third-order valence-electron chi connectivity index (χ3n) is 2.70. The highest BCUT2D eigenvalue weighted by molar-refractivity contribution is 9.10. The Morgan fingerprint density at radius 2 is 2.25 bits per heavy atom. The van der Waals surface area contributed by atoms with E-state index in [1.165, 1.54) is 0 Å². The molecule has 1 amide bonds. The lowest BCUT2D eigenvalue weighted by atomic mass is 10.2. The monoisotopic (exact) mass is 353 g/mol. The molecule has 6 heteroatoms. The third kappa shape index (κ3) is 3.80. The minimum absolute atomic E-state index is 0.113. The number of halogens is 1. The number of carbonyl (C=O) groups is 1. The first-order valence-corrected chi connectivity index (χ1v) is 7.99. The lowest BCUT2D eigenvalue weighted by molar-refractivity contribution is 0.0951. The molecular formula is C14H16BrN3OS. The van der Waals surface area contributed by atoms with Gasteiger partial charge >= 0.3 is 0 Å². The normalized spacial score (nSPS) is 10.3. The van der Waals surface area contributed by atoms with Crippen LogP contribution in [0.1, 0.15) is 27.9 Å². The van der Waals surface area contributed by atoms with E-state index in [9.17, 15) is 4.79 Å².